The monoisotopic (exact) mass is 302 g/mol. The highest BCUT2D eigenvalue weighted by molar-refractivity contribution is 6.07. The fraction of sp³-hybridized carbons (Fsp3) is 0.474. The fourth-order valence-corrected chi connectivity index (χ4v) is 2.32. The van der Waals surface area contributed by atoms with Crippen LogP contribution in [0.4, 0.5) is 0 Å². The molecule has 3 nitrogen and oxygen atoms in total. The van der Waals surface area contributed by atoms with Crippen LogP contribution >= 0.6 is 0 Å². The molecule has 0 aliphatic heterocycles. The van der Waals surface area contributed by atoms with Crippen molar-refractivity contribution in [3.05, 3.63) is 48.1 Å². The summed E-state index contributed by atoms with van der Waals surface area (Å²) in [6.07, 6.45) is 19.5. The Kier molecular flexibility index (Phi) is 8.89. The third-order valence-electron chi connectivity index (χ3n) is 3.62. The van der Waals surface area contributed by atoms with Crippen LogP contribution in [0.25, 0.3) is 0 Å². The summed E-state index contributed by atoms with van der Waals surface area (Å²) in [5.74, 6) is -0.499. The van der Waals surface area contributed by atoms with Gasteiger partial charge in [-0.3, -0.25) is 9.59 Å². The molecule has 0 aromatic carbocycles. The van der Waals surface area contributed by atoms with Crippen LogP contribution in [0.1, 0.15) is 51.9 Å². The van der Waals surface area contributed by atoms with Crippen LogP contribution in [0.3, 0.4) is 0 Å². The summed E-state index contributed by atoms with van der Waals surface area (Å²) < 4.78 is 0. The van der Waals surface area contributed by atoms with Crippen molar-refractivity contribution < 1.29 is 14.7 Å². The molecule has 1 rings (SSSR count). The number of hydrogen-bond acceptors (Lipinski definition) is 2. The largest absolute Gasteiger partial charge is 0.481 e. The predicted octanol–water partition coefficient (Wildman–Crippen LogP) is 4.62. The van der Waals surface area contributed by atoms with Gasteiger partial charge in [-0.15, -0.1) is 0 Å². The first-order valence-electron chi connectivity index (χ1n) is 8.11. The minimum absolute atomic E-state index is 0.101. The van der Waals surface area contributed by atoms with Crippen LogP contribution in [-0.4, -0.2) is 16.9 Å². The number of allylic oxidation sites excluding steroid dienone is 8. The molecule has 3 heteroatoms. The number of rotatable bonds is 10. The van der Waals surface area contributed by atoms with E-state index in [1.807, 2.05) is 30.4 Å². The van der Waals surface area contributed by atoms with E-state index in [1.54, 1.807) is 6.08 Å². The SMILES string of the molecule is CCCC/C=C/C=C1/C(=O)C=C[C@@H]1C/C=C/CCCC(=O)O. The number of carboxylic acids is 1. The first-order chi connectivity index (χ1) is 10.6. The summed E-state index contributed by atoms with van der Waals surface area (Å²) in [4.78, 5) is 22.2. The second kappa shape index (κ2) is 10.8. The van der Waals surface area contributed by atoms with Crippen LogP contribution in [0, 0.1) is 5.92 Å². The van der Waals surface area contributed by atoms with Gasteiger partial charge in [0, 0.05) is 17.9 Å². The van der Waals surface area contributed by atoms with Gasteiger partial charge in [0.25, 0.3) is 0 Å². The van der Waals surface area contributed by atoms with E-state index < -0.39 is 5.97 Å². The Balaban J connectivity index is 2.40. The Morgan fingerprint density at radius 2 is 2.00 bits per heavy atom. The van der Waals surface area contributed by atoms with Gasteiger partial charge in [-0.2, -0.15) is 0 Å². The molecule has 0 radical (unpaired) electrons. The number of carboxylic acid groups (broad SMARTS) is 1. The van der Waals surface area contributed by atoms with E-state index >= 15 is 0 Å². The molecule has 0 saturated carbocycles. The Bertz CT molecular complexity index is 481. The number of hydrogen-bond donors (Lipinski definition) is 1. The topological polar surface area (TPSA) is 54.4 Å². The van der Waals surface area contributed by atoms with Crippen molar-refractivity contribution in [1.29, 1.82) is 0 Å². The normalized spacial score (nSPS) is 20.0. The standard InChI is InChI=1S/C19H26O3/c1-2-3-4-5-9-12-17-16(14-15-18(17)20)11-8-6-7-10-13-19(21)22/h5-6,8-9,12,14-16H,2-4,7,10-11,13H2,1H3,(H,21,22)/b8-6+,9-5+,17-12+/t16-/m0/s1. The van der Waals surface area contributed by atoms with Crippen molar-refractivity contribution in [3.8, 4) is 0 Å². The lowest BCUT2D eigenvalue weighted by atomic mass is 9.97. The molecule has 1 aliphatic carbocycles. The van der Waals surface area contributed by atoms with E-state index in [9.17, 15) is 9.59 Å². The van der Waals surface area contributed by atoms with Gasteiger partial charge in [-0.1, -0.05) is 56.2 Å². The minimum Gasteiger partial charge on any atom is -0.481 e. The molecule has 0 aromatic rings. The van der Waals surface area contributed by atoms with Crippen LogP contribution < -0.4 is 0 Å². The van der Waals surface area contributed by atoms with E-state index in [2.05, 4.69) is 13.0 Å². The number of aliphatic carboxylic acids is 1. The predicted molar refractivity (Wildman–Crippen MR) is 89.6 cm³/mol. The van der Waals surface area contributed by atoms with E-state index in [1.165, 1.54) is 12.8 Å². The molecule has 1 aliphatic rings. The fourth-order valence-electron chi connectivity index (χ4n) is 2.32. The Labute approximate surface area is 133 Å². The first-order valence-corrected chi connectivity index (χ1v) is 8.11. The zero-order chi connectivity index (χ0) is 16.2. The van der Waals surface area contributed by atoms with Crippen LogP contribution in [0.5, 0.6) is 0 Å². The minimum atomic E-state index is -0.752. The van der Waals surface area contributed by atoms with Crippen molar-refractivity contribution >= 4 is 11.8 Å². The smallest absolute Gasteiger partial charge is 0.303 e. The van der Waals surface area contributed by atoms with E-state index in [4.69, 9.17) is 5.11 Å². The molecule has 1 N–H and O–H groups in total. The molecule has 22 heavy (non-hydrogen) atoms. The maximum Gasteiger partial charge on any atom is 0.303 e. The van der Waals surface area contributed by atoms with Crippen LogP contribution in [-0.2, 0) is 9.59 Å². The summed E-state index contributed by atoms with van der Waals surface area (Å²) in [5, 5.41) is 8.56. The molecule has 1 atom stereocenters. The summed E-state index contributed by atoms with van der Waals surface area (Å²) in [7, 11) is 0. The van der Waals surface area contributed by atoms with Gasteiger partial charge >= 0.3 is 5.97 Å². The Morgan fingerprint density at radius 1 is 1.23 bits per heavy atom. The third-order valence-corrected chi connectivity index (χ3v) is 3.62. The maximum atomic E-state index is 11.8. The number of carbonyl (C=O) groups excluding carboxylic acids is 1. The molecule has 0 bridgehead atoms. The van der Waals surface area contributed by atoms with E-state index in [-0.39, 0.29) is 18.1 Å². The van der Waals surface area contributed by atoms with Gasteiger partial charge in [0.15, 0.2) is 5.78 Å². The molecule has 0 heterocycles. The number of unbranched alkanes of at least 4 members (excludes halogenated alkanes) is 3. The third kappa shape index (κ3) is 7.21. The van der Waals surface area contributed by atoms with E-state index in [0.29, 0.717) is 6.42 Å². The molecule has 0 saturated heterocycles. The number of carbonyl (C=O) groups is 2. The summed E-state index contributed by atoms with van der Waals surface area (Å²) in [6, 6.07) is 0. The van der Waals surface area contributed by atoms with Gasteiger partial charge < -0.3 is 5.11 Å². The molecule has 0 fully saturated rings. The number of ketones is 1. The molecule has 0 unspecified atom stereocenters. The molecular formula is C19H26O3. The Hall–Kier alpha value is -1.90. The van der Waals surface area contributed by atoms with Crippen molar-refractivity contribution in [3.63, 3.8) is 0 Å². The summed E-state index contributed by atoms with van der Waals surface area (Å²) in [6.45, 7) is 2.16. The maximum absolute atomic E-state index is 11.8. The summed E-state index contributed by atoms with van der Waals surface area (Å²) in [5.41, 5.74) is 0.850. The average molecular weight is 302 g/mol. The van der Waals surface area contributed by atoms with Gasteiger partial charge in [-0.05, 0) is 31.8 Å². The lowest BCUT2D eigenvalue weighted by Crippen LogP contribution is -2.01. The lowest BCUT2D eigenvalue weighted by molar-refractivity contribution is -0.137. The Morgan fingerprint density at radius 3 is 2.73 bits per heavy atom. The van der Waals surface area contributed by atoms with Gasteiger partial charge in [0.1, 0.15) is 0 Å². The quantitative estimate of drug-likeness (QED) is 0.364. The van der Waals surface area contributed by atoms with Crippen LogP contribution in [0.2, 0.25) is 0 Å². The first kappa shape index (κ1) is 18.1. The second-order valence-electron chi connectivity index (χ2n) is 5.52. The van der Waals surface area contributed by atoms with Crippen molar-refractivity contribution in [2.45, 2.75) is 51.9 Å². The summed E-state index contributed by atoms with van der Waals surface area (Å²) >= 11 is 0. The van der Waals surface area contributed by atoms with Crippen molar-refractivity contribution in [1.82, 2.24) is 0 Å². The molecule has 0 aromatic heterocycles. The molecule has 0 amide bonds. The van der Waals surface area contributed by atoms with Gasteiger partial charge in [0.2, 0.25) is 0 Å². The van der Waals surface area contributed by atoms with Gasteiger partial charge in [-0.25, -0.2) is 0 Å². The molecular weight excluding hydrogens is 276 g/mol. The van der Waals surface area contributed by atoms with Crippen molar-refractivity contribution in [2.24, 2.45) is 5.92 Å². The zero-order valence-corrected chi connectivity index (χ0v) is 13.3. The van der Waals surface area contributed by atoms with Crippen LogP contribution in [0.15, 0.2) is 48.1 Å². The van der Waals surface area contributed by atoms with Gasteiger partial charge in [0.05, 0.1) is 0 Å². The average Bonchev–Trinajstić information content (AvgIpc) is 2.83. The lowest BCUT2D eigenvalue weighted by Gasteiger charge is -2.06. The van der Waals surface area contributed by atoms with E-state index in [0.717, 1.165) is 24.8 Å². The highest BCUT2D eigenvalue weighted by atomic mass is 16.4. The van der Waals surface area contributed by atoms with Crippen molar-refractivity contribution in [2.75, 3.05) is 0 Å². The molecule has 120 valence electrons. The molecule has 0 spiro atoms. The highest BCUT2D eigenvalue weighted by Gasteiger charge is 2.20. The zero-order valence-electron chi connectivity index (χ0n) is 13.3. The second-order valence-corrected chi connectivity index (χ2v) is 5.52. The highest BCUT2D eigenvalue weighted by Crippen LogP contribution is 2.25.